The van der Waals surface area contributed by atoms with Gasteiger partial charge in [-0.05, 0) is 31.0 Å². The fourth-order valence-corrected chi connectivity index (χ4v) is 2.91. The van der Waals surface area contributed by atoms with Crippen LogP contribution in [0.25, 0.3) is 0 Å². The Kier molecular flexibility index (Phi) is 4.53. The molecule has 1 aromatic heterocycles. The number of anilines is 1. The van der Waals surface area contributed by atoms with Gasteiger partial charge in [0.2, 0.25) is 5.91 Å². The lowest BCUT2D eigenvalue weighted by molar-refractivity contribution is -0.118. The van der Waals surface area contributed by atoms with Crippen LogP contribution in [0.2, 0.25) is 0 Å². The normalized spacial score (nSPS) is 14.9. The molecular formula is C17H22N4O. The highest BCUT2D eigenvalue weighted by Gasteiger charge is 2.23. The lowest BCUT2D eigenvalue weighted by Crippen LogP contribution is -2.36. The van der Waals surface area contributed by atoms with Crippen molar-refractivity contribution in [3.63, 3.8) is 0 Å². The van der Waals surface area contributed by atoms with Gasteiger partial charge in [-0.15, -0.1) is 0 Å². The van der Waals surface area contributed by atoms with Crippen molar-refractivity contribution < 1.29 is 4.79 Å². The largest absolute Gasteiger partial charge is 0.312 e. The molecule has 5 heteroatoms. The van der Waals surface area contributed by atoms with Gasteiger partial charge in [0.1, 0.15) is 0 Å². The molecule has 2 heterocycles. The molecule has 0 saturated carbocycles. The van der Waals surface area contributed by atoms with E-state index in [2.05, 4.69) is 23.4 Å². The van der Waals surface area contributed by atoms with Gasteiger partial charge in [-0.2, -0.15) is 5.10 Å². The van der Waals surface area contributed by atoms with E-state index in [0.29, 0.717) is 19.0 Å². The van der Waals surface area contributed by atoms with Crippen LogP contribution in [0.1, 0.15) is 18.9 Å². The molecule has 0 spiro atoms. The molecule has 1 N–H and O–H groups in total. The number of fused-ring (bicyclic) bond motifs is 1. The van der Waals surface area contributed by atoms with E-state index >= 15 is 0 Å². The lowest BCUT2D eigenvalue weighted by atomic mass is 10.2. The van der Waals surface area contributed by atoms with Crippen LogP contribution in [-0.2, 0) is 17.8 Å². The van der Waals surface area contributed by atoms with Crippen molar-refractivity contribution in [1.29, 1.82) is 0 Å². The third kappa shape index (κ3) is 3.36. The minimum atomic E-state index is 0.198. The molecular weight excluding hydrogens is 276 g/mol. The molecule has 0 saturated heterocycles. The van der Waals surface area contributed by atoms with Gasteiger partial charge in [0.25, 0.3) is 0 Å². The molecule has 22 heavy (non-hydrogen) atoms. The summed E-state index contributed by atoms with van der Waals surface area (Å²) < 4.78 is 1.90. The Bertz CT molecular complexity index is 623. The Morgan fingerprint density at radius 2 is 2.23 bits per heavy atom. The Morgan fingerprint density at radius 1 is 1.36 bits per heavy atom. The zero-order valence-electron chi connectivity index (χ0n) is 12.9. The standard InChI is InChI=1S/C17H22N4O/c1-14(13-20-11-4-9-19-20)18-10-7-17(22)21-12-8-15-5-2-3-6-16(15)21/h2-6,9,11,14,18H,7-8,10,12-13H2,1H3/t14-/m1/s1. The van der Waals surface area contributed by atoms with E-state index in [-0.39, 0.29) is 5.91 Å². The summed E-state index contributed by atoms with van der Waals surface area (Å²) in [7, 11) is 0. The van der Waals surface area contributed by atoms with Crippen molar-refractivity contribution in [3.05, 3.63) is 48.3 Å². The Balaban J connectivity index is 1.45. The number of hydrogen-bond acceptors (Lipinski definition) is 3. The van der Waals surface area contributed by atoms with Gasteiger partial charge >= 0.3 is 0 Å². The van der Waals surface area contributed by atoms with Crippen LogP contribution >= 0.6 is 0 Å². The number of carbonyl (C=O) groups is 1. The molecule has 0 fully saturated rings. The summed E-state index contributed by atoms with van der Waals surface area (Å²) in [5.74, 6) is 0.198. The molecule has 3 rings (SSSR count). The van der Waals surface area contributed by atoms with Crippen LogP contribution in [0.3, 0.4) is 0 Å². The van der Waals surface area contributed by atoms with E-state index in [1.54, 1.807) is 6.20 Å². The fraction of sp³-hybridized carbons (Fsp3) is 0.412. The summed E-state index contributed by atoms with van der Waals surface area (Å²) in [5.41, 5.74) is 2.35. The van der Waals surface area contributed by atoms with Crippen molar-refractivity contribution in [1.82, 2.24) is 15.1 Å². The van der Waals surface area contributed by atoms with E-state index in [9.17, 15) is 4.79 Å². The van der Waals surface area contributed by atoms with Gasteiger partial charge < -0.3 is 10.2 Å². The van der Waals surface area contributed by atoms with Gasteiger partial charge in [0.05, 0.1) is 6.54 Å². The molecule has 1 atom stereocenters. The highest BCUT2D eigenvalue weighted by atomic mass is 16.2. The summed E-state index contributed by atoms with van der Waals surface area (Å²) in [4.78, 5) is 14.3. The first-order chi connectivity index (χ1) is 10.7. The molecule has 0 aliphatic carbocycles. The number of hydrogen-bond donors (Lipinski definition) is 1. The maximum absolute atomic E-state index is 12.4. The molecule has 2 aromatic rings. The smallest absolute Gasteiger partial charge is 0.228 e. The van der Waals surface area contributed by atoms with Gasteiger partial charge in [0.15, 0.2) is 0 Å². The number of rotatable bonds is 6. The van der Waals surface area contributed by atoms with Crippen LogP contribution < -0.4 is 10.2 Å². The maximum atomic E-state index is 12.4. The van der Waals surface area contributed by atoms with E-state index in [4.69, 9.17) is 0 Å². The monoisotopic (exact) mass is 298 g/mol. The molecule has 5 nitrogen and oxygen atoms in total. The molecule has 1 amide bonds. The second kappa shape index (κ2) is 6.75. The number of nitrogens with one attached hydrogen (secondary N) is 1. The van der Waals surface area contributed by atoms with Gasteiger partial charge in [-0.1, -0.05) is 18.2 Å². The third-order valence-electron chi connectivity index (χ3n) is 4.04. The Labute approximate surface area is 130 Å². The van der Waals surface area contributed by atoms with Crippen molar-refractivity contribution >= 4 is 11.6 Å². The summed E-state index contributed by atoms with van der Waals surface area (Å²) in [6, 6.07) is 10.4. The minimum Gasteiger partial charge on any atom is -0.312 e. The first kappa shape index (κ1) is 14.8. The second-order valence-corrected chi connectivity index (χ2v) is 5.76. The van der Waals surface area contributed by atoms with Crippen molar-refractivity contribution in [2.24, 2.45) is 0 Å². The van der Waals surface area contributed by atoms with Crippen LogP contribution in [0.5, 0.6) is 0 Å². The van der Waals surface area contributed by atoms with Gasteiger partial charge in [0, 0.05) is 43.6 Å². The van der Waals surface area contributed by atoms with Gasteiger partial charge in [-0.25, -0.2) is 0 Å². The Morgan fingerprint density at radius 3 is 3.05 bits per heavy atom. The number of carbonyl (C=O) groups excluding carboxylic acids is 1. The molecule has 116 valence electrons. The predicted molar refractivity (Wildman–Crippen MR) is 86.8 cm³/mol. The van der Waals surface area contributed by atoms with E-state index in [0.717, 1.165) is 25.2 Å². The number of benzene rings is 1. The van der Waals surface area contributed by atoms with E-state index in [1.807, 2.05) is 40.0 Å². The summed E-state index contributed by atoms with van der Waals surface area (Å²) in [5, 5.41) is 7.58. The third-order valence-corrected chi connectivity index (χ3v) is 4.04. The number of nitrogens with zero attached hydrogens (tertiary/aromatic N) is 3. The second-order valence-electron chi connectivity index (χ2n) is 5.76. The SMILES string of the molecule is C[C@H](Cn1cccn1)NCCC(=O)N1CCc2ccccc21. The Hall–Kier alpha value is -2.14. The summed E-state index contributed by atoms with van der Waals surface area (Å²) in [6.45, 7) is 4.42. The highest BCUT2D eigenvalue weighted by Crippen LogP contribution is 2.27. The molecule has 1 aliphatic heterocycles. The van der Waals surface area contributed by atoms with Crippen molar-refractivity contribution in [2.45, 2.75) is 32.4 Å². The molecule has 0 radical (unpaired) electrons. The van der Waals surface area contributed by atoms with Crippen LogP contribution in [0.4, 0.5) is 5.69 Å². The van der Waals surface area contributed by atoms with Gasteiger partial charge in [-0.3, -0.25) is 9.48 Å². The topological polar surface area (TPSA) is 50.2 Å². The first-order valence-corrected chi connectivity index (χ1v) is 7.83. The van der Waals surface area contributed by atoms with Crippen LogP contribution in [0, 0.1) is 0 Å². The number of para-hydroxylation sites is 1. The average Bonchev–Trinajstić information content (AvgIpc) is 3.16. The average molecular weight is 298 g/mol. The summed E-state index contributed by atoms with van der Waals surface area (Å²) >= 11 is 0. The quantitative estimate of drug-likeness (QED) is 0.885. The number of amides is 1. The van der Waals surface area contributed by atoms with E-state index in [1.165, 1.54) is 5.56 Å². The number of aromatic nitrogens is 2. The first-order valence-electron chi connectivity index (χ1n) is 7.83. The molecule has 1 aliphatic rings. The fourth-order valence-electron chi connectivity index (χ4n) is 2.91. The maximum Gasteiger partial charge on any atom is 0.228 e. The molecule has 1 aromatic carbocycles. The van der Waals surface area contributed by atoms with Crippen molar-refractivity contribution in [3.8, 4) is 0 Å². The summed E-state index contributed by atoms with van der Waals surface area (Å²) in [6.07, 6.45) is 5.22. The minimum absolute atomic E-state index is 0.198. The molecule has 0 unspecified atom stereocenters. The predicted octanol–water partition coefficient (Wildman–Crippen LogP) is 1.84. The zero-order valence-corrected chi connectivity index (χ0v) is 12.9. The highest BCUT2D eigenvalue weighted by molar-refractivity contribution is 5.95. The van der Waals surface area contributed by atoms with Crippen LogP contribution in [-0.4, -0.2) is 34.8 Å². The van der Waals surface area contributed by atoms with E-state index < -0.39 is 0 Å². The van der Waals surface area contributed by atoms with Crippen LogP contribution in [0.15, 0.2) is 42.7 Å². The van der Waals surface area contributed by atoms with Crippen molar-refractivity contribution in [2.75, 3.05) is 18.0 Å². The lowest BCUT2D eigenvalue weighted by Gasteiger charge is -2.19. The zero-order chi connectivity index (χ0) is 15.4. The molecule has 0 bridgehead atoms.